The van der Waals surface area contributed by atoms with E-state index in [1.165, 1.54) is 5.56 Å². The fourth-order valence-corrected chi connectivity index (χ4v) is 3.75. The lowest BCUT2D eigenvalue weighted by atomic mass is 9.96. The lowest BCUT2D eigenvalue weighted by Crippen LogP contribution is -2.32. The number of hydrogen-bond donors (Lipinski definition) is 0. The van der Waals surface area contributed by atoms with E-state index < -0.39 is 0 Å². The topological polar surface area (TPSA) is 69.2 Å². The standard InChI is InChI=1S/C22H29N5O2/c1-22(2,3)27-15-16(13-23-27)14-26-11-9-17(10-12-26)20-24-21(29-25-20)18-7-5-6-8-19(18)28-4/h5-8,13,15,17H,9-12,14H2,1-4H3. The SMILES string of the molecule is COc1ccccc1-c1nc(C2CCN(Cc3cnn(C(C)(C)C)c3)CC2)no1. The molecule has 154 valence electrons. The Morgan fingerprint density at radius 3 is 2.62 bits per heavy atom. The zero-order chi connectivity index (χ0) is 20.4. The first-order valence-electron chi connectivity index (χ1n) is 10.2. The van der Waals surface area contributed by atoms with Gasteiger partial charge in [0.25, 0.3) is 5.89 Å². The molecule has 0 saturated carbocycles. The van der Waals surface area contributed by atoms with Crippen LogP contribution in [0.5, 0.6) is 5.75 Å². The van der Waals surface area contributed by atoms with Crippen molar-refractivity contribution >= 4 is 0 Å². The van der Waals surface area contributed by atoms with Gasteiger partial charge in [-0.25, -0.2) is 0 Å². The normalized spacial score (nSPS) is 16.3. The summed E-state index contributed by atoms with van der Waals surface area (Å²) in [6, 6.07) is 7.72. The highest BCUT2D eigenvalue weighted by molar-refractivity contribution is 5.62. The van der Waals surface area contributed by atoms with E-state index in [4.69, 9.17) is 9.26 Å². The van der Waals surface area contributed by atoms with Crippen LogP contribution in [0.3, 0.4) is 0 Å². The summed E-state index contributed by atoms with van der Waals surface area (Å²) in [7, 11) is 1.65. The van der Waals surface area contributed by atoms with Crippen molar-refractivity contribution in [3.63, 3.8) is 0 Å². The highest BCUT2D eigenvalue weighted by Gasteiger charge is 2.26. The second-order valence-electron chi connectivity index (χ2n) is 8.67. The van der Waals surface area contributed by atoms with Crippen molar-refractivity contribution in [1.29, 1.82) is 0 Å². The van der Waals surface area contributed by atoms with Gasteiger partial charge in [-0.15, -0.1) is 0 Å². The van der Waals surface area contributed by atoms with Crippen LogP contribution in [0.4, 0.5) is 0 Å². The van der Waals surface area contributed by atoms with Crippen molar-refractivity contribution < 1.29 is 9.26 Å². The number of benzene rings is 1. The molecule has 1 fully saturated rings. The van der Waals surface area contributed by atoms with E-state index in [1.807, 2.05) is 35.1 Å². The van der Waals surface area contributed by atoms with Gasteiger partial charge in [-0.05, 0) is 58.8 Å². The molecule has 0 radical (unpaired) electrons. The molecule has 4 rings (SSSR count). The minimum absolute atomic E-state index is 0.0169. The van der Waals surface area contributed by atoms with Gasteiger partial charge < -0.3 is 9.26 Å². The van der Waals surface area contributed by atoms with E-state index in [9.17, 15) is 0 Å². The molecule has 7 heteroatoms. The minimum Gasteiger partial charge on any atom is -0.496 e. The van der Waals surface area contributed by atoms with Crippen LogP contribution < -0.4 is 4.74 Å². The van der Waals surface area contributed by atoms with E-state index >= 15 is 0 Å². The van der Waals surface area contributed by atoms with Crippen LogP contribution in [-0.4, -0.2) is 45.0 Å². The van der Waals surface area contributed by atoms with Crippen molar-refractivity contribution in [3.8, 4) is 17.2 Å². The van der Waals surface area contributed by atoms with Gasteiger partial charge >= 0.3 is 0 Å². The summed E-state index contributed by atoms with van der Waals surface area (Å²) in [4.78, 5) is 7.14. The molecular weight excluding hydrogens is 366 g/mol. The van der Waals surface area contributed by atoms with Crippen LogP contribution in [0.1, 0.15) is 50.9 Å². The average molecular weight is 396 g/mol. The predicted octanol–water partition coefficient (Wildman–Crippen LogP) is 4.08. The first kappa shape index (κ1) is 19.6. The summed E-state index contributed by atoms with van der Waals surface area (Å²) >= 11 is 0. The third-order valence-corrected chi connectivity index (χ3v) is 5.46. The third kappa shape index (κ3) is 4.34. The van der Waals surface area contributed by atoms with E-state index in [2.05, 4.69) is 47.1 Å². The number of nitrogens with zero attached hydrogens (tertiary/aromatic N) is 5. The molecule has 7 nitrogen and oxygen atoms in total. The Morgan fingerprint density at radius 1 is 1.17 bits per heavy atom. The van der Waals surface area contributed by atoms with Crippen LogP contribution in [0.15, 0.2) is 41.2 Å². The summed E-state index contributed by atoms with van der Waals surface area (Å²) in [5, 5.41) is 8.77. The first-order chi connectivity index (χ1) is 13.9. The quantitative estimate of drug-likeness (QED) is 0.648. The number of piperidine rings is 1. The maximum atomic E-state index is 5.54. The first-order valence-corrected chi connectivity index (χ1v) is 10.2. The molecule has 0 unspecified atom stereocenters. The Morgan fingerprint density at radius 2 is 1.93 bits per heavy atom. The molecule has 0 atom stereocenters. The van der Waals surface area contributed by atoms with Gasteiger partial charge in [-0.3, -0.25) is 9.58 Å². The maximum absolute atomic E-state index is 5.54. The fraction of sp³-hybridized carbons (Fsp3) is 0.500. The highest BCUT2D eigenvalue weighted by atomic mass is 16.5. The van der Waals surface area contributed by atoms with Gasteiger partial charge in [0.05, 0.1) is 24.4 Å². The van der Waals surface area contributed by atoms with Gasteiger partial charge in [0, 0.05) is 24.2 Å². The molecule has 0 amide bonds. The number of ether oxygens (including phenoxy) is 1. The van der Waals surface area contributed by atoms with Crippen molar-refractivity contribution in [2.45, 2.75) is 51.6 Å². The molecule has 1 aromatic carbocycles. The summed E-state index contributed by atoms with van der Waals surface area (Å²) in [5.41, 5.74) is 2.11. The molecule has 2 aromatic heterocycles. The third-order valence-electron chi connectivity index (χ3n) is 5.46. The summed E-state index contributed by atoms with van der Waals surface area (Å²) in [5.74, 6) is 2.39. The van der Waals surface area contributed by atoms with Crippen LogP contribution in [0.25, 0.3) is 11.5 Å². The van der Waals surface area contributed by atoms with E-state index in [0.717, 1.165) is 49.6 Å². The fourth-order valence-electron chi connectivity index (χ4n) is 3.75. The molecule has 0 bridgehead atoms. The molecular formula is C22H29N5O2. The van der Waals surface area contributed by atoms with Crippen molar-refractivity contribution in [2.75, 3.05) is 20.2 Å². The maximum Gasteiger partial charge on any atom is 0.261 e. The van der Waals surface area contributed by atoms with Gasteiger partial charge in [0.15, 0.2) is 5.82 Å². The largest absolute Gasteiger partial charge is 0.496 e. The van der Waals surface area contributed by atoms with Gasteiger partial charge in [-0.1, -0.05) is 17.3 Å². The predicted molar refractivity (Wildman–Crippen MR) is 111 cm³/mol. The molecule has 0 aliphatic carbocycles. The van der Waals surface area contributed by atoms with Crippen LogP contribution in [0, 0.1) is 0 Å². The summed E-state index contributed by atoms with van der Waals surface area (Å²) in [6.07, 6.45) is 6.19. The zero-order valence-electron chi connectivity index (χ0n) is 17.6. The smallest absolute Gasteiger partial charge is 0.261 e. The van der Waals surface area contributed by atoms with E-state index in [-0.39, 0.29) is 5.54 Å². The molecule has 1 saturated heterocycles. The van der Waals surface area contributed by atoms with Crippen molar-refractivity contribution in [1.82, 2.24) is 24.8 Å². The van der Waals surface area contributed by atoms with E-state index in [0.29, 0.717) is 11.8 Å². The van der Waals surface area contributed by atoms with Crippen LogP contribution >= 0.6 is 0 Å². The van der Waals surface area contributed by atoms with Gasteiger partial charge in [0.2, 0.25) is 0 Å². The molecule has 0 spiro atoms. The van der Waals surface area contributed by atoms with Crippen molar-refractivity contribution in [2.24, 2.45) is 0 Å². The Bertz CT molecular complexity index is 948. The number of para-hydroxylation sites is 1. The Labute approximate surface area is 171 Å². The lowest BCUT2D eigenvalue weighted by molar-refractivity contribution is 0.200. The highest BCUT2D eigenvalue weighted by Crippen LogP contribution is 2.32. The molecule has 3 heterocycles. The van der Waals surface area contributed by atoms with Crippen LogP contribution in [-0.2, 0) is 12.1 Å². The second kappa shape index (κ2) is 7.99. The molecule has 0 N–H and O–H groups in total. The molecule has 3 aromatic rings. The zero-order valence-corrected chi connectivity index (χ0v) is 17.6. The van der Waals surface area contributed by atoms with Crippen LogP contribution in [0.2, 0.25) is 0 Å². The van der Waals surface area contributed by atoms with Crippen molar-refractivity contribution in [3.05, 3.63) is 48.0 Å². The Kier molecular flexibility index (Phi) is 5.41. The number of likely N-dealkylation sites (tertiary alicyclic amines) is 1. The average Bonchev–Trinajstić information content (AvgIpc) is 3.38. The van der Waals surface area contributed by atoms with Gasteiger partial charge in [0.1, 0.15) is 5.75 Å². The number of methoxy groups -OCH3 is 1. The summed E-state index contributed by atoms with van der Waals surface area (Å²) < 4.78 is 13.0. The monoisotopic (exact) mass is 395 g/mol. The molecule has 1 aliphatic heterocycles. The lowest BCUT2D eigenvalue weighted by Gasteiger charge is -2.30. The number of rotatable bonds is 5. The number of hydrogen-bond acceptors (Lipinski definition) is 6. The Hall–Kier alpha value is -2.67. The summed E-state index contributed by atoms with van der Waals surface area (Å²) in [6.45, 7) is 9.47. The minimum atomic E-state index is 0.0169. The molecule has 29 heavy (non-hydrogen) atoms. The van der Waals surface area contributed by atoms with Gasteiger partial charge in [-0.2, -0.15) is 10.1 Å². The molecule has 1 aliphatic rings. The Balaban J connectivity index is 1.37. The second-order valence-corrected chi connectivity index (χ2v) is 8.67. The van der Waals surface area contributed by atoms with E-state index in [1.54, 1.807) is 7.11 Å². The number of aromatic nitrogens is 4.